The molecular weight excluding hydrogens is 229 g/mol. The van der Waals surface area contributed by atoms with Gasteiger partial charge in [-0.15, -0.1) is 0 Å². The van der Waals surface area contributed by atoms with Gasteiger partial charge in [0.1, 0.15) is 5.75 Å². The highest BCUT2D eigenvalue weighted by Crippen LogP contribution is 2.31. The molecular formula is C8H5Cl2NO3. The number of phenols is 1. The molecule has 4 nitrogen and oxygen atoms in total. The van der Waals surface area contributed by atoms with Crippen molar-refractivity contribution >= 4 is 29.3 Å². The highest BCUT2D eigenvalue weighted by Gasteiger charge is 2.05. The molecule has 0 aliphatic rings. The van der Waals surface area contributed by atoms with Crippen LogP contribution in [0.1, 0.15) is 5.56 Å². The SMILES string of the molecule is O=[N+]([O-])/C=C/c1cc(Cl)cc(Cl)c1O. The number of hydrogen-bond acceptors (Lipinski definition) is 3. The van der Waals surface area contributed by atoms with E-state index in [0.717, 1.165) is 6.08 Å². The van der Waals surface area contributed by atoms with Crippen LogP contribution in [0.25, 0.3) is 6.08 Å². The van der Waals surface area contributed by atoms with Crippen molar-refractivity contribution in [2.24, 2.45) is 0 Å². The molecule has 0 spiro atoms. The van der Waals surface area contributed by atoms with Crippen LogP contribution in [0.5, 0.6) is 5.75 Å². The summed E-state index contributed by atoms with van der Waals surface area (Å²) in [6, 6.07) is 2.73. The predicted octanol–water partition coefficient (Wildman–Crippen LogP) is 2.95. The van der Waals surface area contributed by atoms with E-state index in [0.29, 0.717) is 11.2 Å². The summed E-state index contributed by atoms with van der Waals surface area (Å²) in [7, 11) is 0. The molecule has 0 amide bonds. The average molecular weight is 234 g/mol. The molecule has 1 N–H and O–H groups in total. The van der Waals surface area contributed by atoms with E-state index in [1.165, 1.54) is 12.1 Å². The minimum absolute atomic E-state index is 0.0560. The van der Waals surface area contributed by atoms with Gasteiger partial charge in [0, 0.05) is 16.7 Å². The van der Waals surface area contributed by atoms with E-state index in [1.54, 1.807) is 0 Å². The van der Waals surface area contributed by atoms with Crippen LogP contribution in [0.3, 0.4) is 0 Å². The van der Waals surface area contributed by atoms with Gasteiger partial charge in [-0.3, -0.25) is 10.1 Å². The van der Waals surface area contributed by atoms with Crippen molar-refractivity contribution in [2.75, 3.05) is 0 Å². The topological polar surface area (TPSA) is 63.4 Å². The molecule has 6 heteroatoms. The number of phenolic OH excluding ortho intramolecular Hbond substituents is 1. The lowest BCUT2D eigenvalue weighted by Crippen LogP contribution is -1.83. The molecule has 0 aromatic heterocycles. The highest BCUT2D eigenvalue weighted by molar-refractivity contribution is 6.35. The average Bonchev–Trinajstić information content (AvgIpc) is 2.08. The quantitative estimate of drug-likeness (QED) is 0.631. The number of halogens is 2. The molecule has 0 saturated heterocycles. The van der Waals surface area contributed by atoms with Crippen molar-refractivity contribution in [2.45, 2.75) is 0 Å². The molecule has 74 valence electrons. The molecule has 0 bridgehead atoms. The zero-order chi connectivity index (χ0) is 10.7. The second-order valence-corrected chi connectivity index (χ2v) is 3.27. The summed E-state index contributed by atoms with van der Waals surface area (Å²) in [4.78, 5) is 9.38. The molecule has 0 saturated carbocycles. The predicted molar refractivity (Wildman–Crippen MR) is 54.2 cm³/mol. The van der Waals surface area contributed by atoms with Crippen LogP contribution in [0.2, 0.25) is 10.0 Å². The molecule has 0 atom stereocenters. The van der Waals surface area contributed by atoms with Crippen molar-refractivity contribution in [3.05, 3.63) is 44.1 Å². The van der Waals surface area contributed by atoms with Gasteiger partial charge in [0.25, 0.3) is 0 Å². The fourth-order valence-corrected chi connectivity index (χ4v) is 1.36. The van der Waals surface area contributed by atoms with Crippen molar-refractivity contribution < 1.29 is 10.0 Å². The Bertz CT molecular complexity index is 404. The van der Waals surface area contributed by atoms with Crippen LogP contribution in [0.15, 0.2) is 18.3 Å². The first-order valence-corrected chi connectivity index (χ1v) is 4.26. The van der Waals surface area contributed by atoms with E-state index >= 15 is 0 Å². The maximum atomic E-state index is 10.0. The van der Waals surface area contributed by atoms with Gasteiger partial charge in [-0.2, -0.15) is 0 Å². The Labute approximate surface area is 89.5 Å². The lowest BCUT2D eigenvalue weighted by molar-refractivity contribution is -0.400. The number of nitro groups is 1. The first kappa shape index (κ1) is 10.8. The third-order valence-corrected chi connectivity index (χ3v) is 1.94. The minimum Gasteiger partial charge on any atom is -0.506 e. The smallest absolute Gasteiger partial charge is 0.235 e. The summed E-state index contributed by atoms with van der Waals surface area (Å²) in [6.07, 6.45) is 1.81. The Kier molecular flexibility index (Phi) is 3.33. The van der Waals surface area contributed by atoms with Crippen LogP contribution in [0, 0.1) is 10.1 Å². The third kappa shape index (κ3) is 2.61. The Morgan fingerprint density at radius 3 is 2.64 bits per heavy atom. The Morgan fingerprint density at radius 2 is 2.07 bits per heavy atom. The van der Waals surface area contributed by atoms with Gasteiger partial charge in [-0.1, -0.05) is 23.2 Å². The normalized spacial score (nSPS) is 10.7. The number of aromatic hydroxyl groups is 1. The molecule has 0 aliphatic heterocycles. The largest absolute Gasteiger partial charge is 0.506 e. The van der Waals surface area contributed by atoms with Crippen molar-refractivity contribution in [1.82, 2.24) is 0 Å². The summed E-state index contributed by atoms with van der Waals surface area (Å²) in [5, 5.41) is 19.8. The van der Waals surface area contributed by atoms with Crippen molar-refractivity contribution in [1.29, 1.82) is 0 Å². The van der Waals surface area contributed by atoms with E-state index in [2.05, 4.69) is 0 Å². The highest BCUT2D eigenvalue weighted by atomic mass is 35.5. The molecule has 0 unspecified atom stereocenters. The van der Waals surface area contributed by atoms with E-state index < -0.39 is 4.92 Å². The summed E-state index contributed by atoms with van der Waals surface area (Å²) in [5.41, 5.74) is 0.208. The van der Waals surface area contributed by atoms with Gasteiger partial charge in [0.05, 0.1) is 9.95 Å². The Balaban J connectivity index is 3.14. The van der Waals surface area contributed by atoms with Gasteiger partial charge >= 0.3 is 0 Å². The maximum absolute atomic E-state index is 10.0. The van der Waals surface area contributed by atoms with E-state index in [1.807, 2.05) is 0 Å². The standard InChI is InChI=1S/C8H5Cl2NO3/c9-6-3-5(1-2-11(13)14)8(12)7(10)4-6/h1-4,12H/b2-1+. The summed E-state index contributed by atoms with van der Waals surface area (Å²) in [6.45, 7) is 0. The van der Waals surface area contributed by atoms with Gasteiger partial charge in [0.15, 0.2) is 0 Å². The van der Waals surface area contributed by atoms with Crippen LogP contribution < -0.4 is 0 Å². The van der Waals surface area contributed by atoms with Gasteiger partial charge < -0.3 is 5.11 Å². The molecule has 0 radical (unpaired) electrons. The third-order valence-electron chi connectivity index (χ3n) is 1.43. The molecule has 1 aromatic carbocycles. The van der Waals surface area contributed by atoms with E-state index in [9.17, 15) is 15.2 Å². The van der Waals surface area contributed by atoms with E-state index in [-0.39, 0.29) is 16.3 Å². The molecule has 0 aliphatic carbocycles. The minimum atomic E-state index is -0.645. The fourth-order valence-electron chi connectivity index (χ4n) is 0.854. The number of benzene rings is 1. The second-order valence-electron chi connectivity index (χ2n) is 2.43. The zero-order valence-electron chi connectivity index (χ0n) is 6.78. The molecule has 0 fully saturated rings. The molecule has 14 heavy (non-hydrogen) atoms. The van der Waals surface area contributed by atoms with Crippen molar-refractivity contribution in [3.8, 4) is 5.75 Å². The molecule has 1 aromatic rings. The van der Waals surface area contributed by atoms with Crippen LogP contribution >= 0.6 is 23.2 Å². The Morgan fingerprint density at radius 1 is 1.43 bits per heavy atom. The van der Waals surface area contributed by atoms with Gasteiger partial charge in [0.2, 0.25) is 6.20 Å². The Hall–Kier alpha value is -1.26. The van der Waals surface area contributed by atoms with Gasteiger partial charge in [-0.25, -0.2) is 0 Å². The fraction of sp³-hybridized carbons (Fsp3) is 0. The lowest BCUT2D eigenvalue weighted by atomic mass is 10.2. The molecule has 1 rings (SSSR count). The van der Waals surface area contributed by atoms with E-state index in [4.69, 9.17) is 23.2 Å². The van der Waals surface area contributed by atoms with Crippen LogP contribution in [-0.4, -0.2) is 10.0 Å². The zero-order valence-corrected chi connectivity index (χ0v) is 8.29. The summed E-state index contributed by atoms with van der Waals surface area (Å²) in [5.74, 6) is -0.228. The first-order valence-electron chi connectivity index (χ1n) is 3.50. The lowest BCUT2D eigenvalue weighted by Gasteiger charge is -2.01. The maximum Gasteiger partial charge on any atom is 0.235 e. The number of nitrogens with zero attached hydrogens (tertiary/aromatic N) is 1. The van der Waals surface area contributed by atoms with Crippen molar-refractivity contribution in [3.63, 3.8) is 0 Å². The monoisotopic (exact) mass is 233 g/mol. The second kappa shape index (κ2) is 4.30. The molecule has 0 heterocycles. The van der Waals surface area contributed by atoms with Gasteiger partial charge in [-0.05, 0) is 12.1 Å². The summed E-state index contributed by atoms with van der Waals surface area (Å²) < 4.78 is 0. The summed E-state index contributed by atoms with van der Waals surface area (Å²) >= 11 is 11.2. The van der Waals surface area contributed by atoms with Crippen LogP contribution in [-0.2, 0) is 0 Å². The first-order chi connectivity index (χ1) is 6.50. The van der Waals surface area contributed by atoms with Crippen LogP contribution in [0.4, 0.5) is 0 Å². The number of rotatable bonds is 2. The number of hydrogen-bond donors (Lipinski definition) is 1.